The molecular weight excluding hydrogens is 214 g/mol. The molecule has 1 heterocycles. The molecule has 0 bridgehead atoms. The van der Waals surface area contributed by atoms with Gasteiger partial charge in [-0.1, -0.05) is 20.8 Å². The van der Waals surface area contributed by atoms with Gasteiger partial charge in [0, 0.05) is 25.1 Å². The molecule has 0 saturated heterocycles. The standard InChI is InChI=1S/C14H21NO2/c1-9-4-5-15-10(6-9)13-11(16)7-14(2,3)8-12(13)17/h9,13H,4-8H2,1-3H3. The highest BCUT2D eigenvalue weighted by Gasteiger charge is 2.42. The van der Waals surface area contributed by atoms with Gasteiger partial charge < -0.3 is 0 Å². The van der Waals surface area contributed by atoms with Crippen LogP contribution in [0.4, 0.5) is 0 Å². The maximum atomic E-state index is 12.1. The van der Waals surface area contributed by atoms with Gasteiger partial charge in [0.2, 0.25) is 0 Å². The fourth-order valence-electron chi connectivity index (χ4n) is 2.92. The summed E-state index contributed by atoms with van der Waals surface area (Å²) in [6, 6.07) is 0. The summed E-state index contributed by atoms with van der Waals surface area (Å²) in [7, 11) is 0. The van der Waals surface area contributed by atoms with Crippen LogP contribution in [0.1, 0.15) is 46.5 Å². The van der Waals surface area contributed by atoms with Crippen LogP contribution in [0.5, 0.6) is 0 Å². The van der Waals surface area contributed by atoms with E-state index in [9.17, 15) is 9.59 Å². The zero-order chi connectivity index (χ0) is 12.6. The predicted octanol–water partition coefficient (Wildman–Crippen LogP) is 2.43. The van der Waals surface area contributed by atoms with Crippen LogP contribution in [-0.2, 0) is 9.59 Å². The average Bonchev–Trinajstić information content (AvgIpc) is 2.13. The Morgan fingerprint density at radius 2 is 1.76 bits per heavy atom. The Morgan fingerprint density at radius 1 is 1.18 bits per heavy atom. The van der Waals surface area contributed by atoms with Crippen LogP contribution in [0.15, 0.2) is 4.99 Å². The number of hydrogen-bond acceptors (Lipinski definition) is 3. The molecule has 1 saturated carbocycles. The molecule has 0 aromatic carbocycles. The van der Waals surface area contributed by atoms with Gasteiger partial charge in [0.1, 0.15) is 17.5 Å². The molecule has 94 valence electrons. The fraction of sp³-hybridized carbons (Fsp3) is 0.786. The Bertz CT molecular complexity index is 362. The van der Waals surface area contributed by atoms with Crippen molar-refractivity contribution in [3.63, 3.8) is 0 Å². The highest BCUT2D eigenvalue weighted by molar-refractivity contribution is 6.22. The molecule has 0 N–H and O–H groups in total. The highest BCUT2D eigenvalue weighted by atomic mass is 16.2. The number of Topliss-reactive ketones (excluding diaryl/α,β-unsaturated/α-hetero) is 2. The van der Waals surface area contributed by atoms with Crippen LogP contribution in [-0.4, -0.2) is 23.8 Å². The van der Waals surface area contributed by atoms with Gasteiger partial charge in [0.15, 0.2) is 0 Å². The topological polar surface area (TPSA) is 46.5 Å². The van der Waals surface area contributed by atoms with Crippen molar-refractivity contribution in [2.75, 3.05) is 6.54 Å². The smallest absolute Gasteiger partial charge is 0.149 e. The Morgan fingerprint density at radius 3 is 2.29 bits per heavy atom. The van der Waals surface area contributed by atoms with Crippen LogP contribution in [0, 0.1) is 17.3 Å². The van der Waals surface area contributed by atoms with Gasteiger partial charge in [-0.05, 0) is 24.2 Å². The van der Waals surface area contributed by atoms with Crippen LogP contribution >= 0.6 is 0 Å². The molecule has 0 aromatic heterocycles. The fourth-order valence-corrected chi connectivity index (χ4v) is 2.92. The number of carbonyl (C=O) groups excluding carboxylic acids is 2. The van der Waals surface area contributed by atoms with E-state index in [-0.39, 0.29) is 17.0 Å². The molecule has 1 fully saturated rings. The third-order valence-corrected chi connectivity index (χ3v) is 3.78. The number of rotatable bonds is 1. The number of nitrogens with zero attached hydrogens (tertiary/aromatic N) is 1. The molecule has 1 aliphatic carbocycles. The van der Waals surface area contributed by atoms with E-state index in [1.165, 1.54) is 0 Å². The average molecular weight is 235 g/mol. The maximum absolute atomic E-state index is 12.1. The molecule has 2 rings (SSSR count). The summed E-state index contributed by atoms with van der Waals surface area (Å²) in [4.78, 5) is 28.7. The van der Waals surface area contributed by atoms with E-state index in [4.69, 9.17) is 0 Å². The van der Waals surface area contributed by atoms with Crippen molar-refractivity contribution in [3.05, 3.63) is 0 Å². The minimum Gasteiger partial charge on any atom is -0.298 e. The molecule has 0 spiro atoms. The Labute approximate surface area is 103 Å². The first-order valence-electron chi connectivity index (χ1n) is 6.48. The third-order valence-electron chi connectivity index (χ3n) is 3.78. The summed E-state index contributed by atoms with van der Waals surface area (Å²) in [5.74, 6) is 0.210. The van der Waals surface area contributed by atoms with Crippen LogP contribution in [0.3, 0.4) is 0 Å². The SMILES string of the molecule is CC1CCN=C(C2C(=O)CC(C)(C)CC2=O)C1. The van der Waals surface area contributed by atoms with Crippen LogP contribution in [0.25, 0.3) is 0 Å². The predicted molar refractivity (Wildman–Crippen MR) is 67.2 cm³/mol. The first kappa shape index (κ1) is 12.5. The molecule has 3 nitrogen and oxygen atoms in total. The molecule has 0 radical (unpaired) electrons. The molecule has 17 heavy (non-hydrogen) atoms. The largest absolute Gasteiger partial charge is 0.298 e. The molecule has 1 atom stereocenters. The lowest BCUT2D eigenvalue weighted by atomic mass is 9.69. The van der Waals surface area contributed by atoms with E-state index in [2.05, 4.69) is 11.9 Å². The van der Waals surface area contributed by atoms with E-state index >= 15 is 0 Å². The highest BCUT2D eigenvalue weighted by Crippen LogP contribution is 2.35. The quantitative estimate of drug-likeness (QED) is 0.655. The van der Waals surface area contributed by atoms with E-state index < -0.39 is 5.92 Å². The van der Waals surface area contributed by atoms with Gasteiger partial charge >= 0.3 is 0 Å². The van der Waals surface area contributed by atoms with E-state index in [0.29, 0.717) is 18.8 Å². The van der Waals surface area contributed by atoms with Crippen molar-refractivity contribution >= 4 is 17.3 Å². The van der Waals surface area contributed by atoms with Gasteiger partial charge in [-0.2, -0.15) is 0 Å². The molecular formula is C14H21NO2. The molecule has 1 aliphatic heterocycles. The maximum Gasteiger partial charge on any atom is 0.149 e. The van der Waals surface area contributed by atoms with Gasteiger partial charge in [0.05, 0.1) is 0 Å². The molecule has 0 amide bonds. The van der Waals surface area contributed by atoms with Gasteiger partial charge in [-0.15, -0.1) is 0 Å². The van der Waals surface area contributed by atoms with E-state index in [1.54, 1.807) is 0 Å². The molecule has 2 aliphatic rings. The summed E-state index contributed by atoms with van der Waals surface area (Å²) in [5, 5.41) is 0. The molecule has 0 aromatic rings. The van der Waals surface area contributed by atoms with Crippen molar-refractivity contribution in [3.8, 4) is 0 Å². The summed E-state index contributed by atoms with van der Waals surface area (Å²) in [6.07, 6.45) is 2.92. The Kier molecular flexibility index (Phi) is 3.19. The van der Waals surface area contributed by atoms with Crippen molar-refractivity contribution in [2.45, 2.75) is 46.5 Å². The monoisotopic (exact) mass is 235 g/mol. The summed E-state index contributed by atoms with van der Waals surface area (Å²) in [6.45, 7) is 6.92. The Hall–Kier alpha value is -0.990. The lowest BCUT2D eigenvalue weighted by Gasteiger charge is -2.34. The molecule has 3 heteroatoms. The first-order chi connectivity index (χ1) is 7.89. The van der Waals surface area contributed by atoms with Crippen molar-refractivity contribution in [1.29, 1.82) is 0 Å². The number of carbonyl (C=O) groups is 2. The minimum absolute atomic E-state index is 0.0825. The first-order valence-corrected chi connectivity index (χ1v) is 6.48. The van der Waals surface area contributed by atoms with Gasteiger partial charge in [0.25, 0.3) is 0 Å². The second-order valence-electron chi connectivity index (χ2n) is 6.35. The van der Waals surface area contributed by atoms with Crippen LogP contribution in [0.2, 0.25) is 0 Å². The zero-order valence-electron chi connectivity index (χ0n) is 11.0. The normalized spacial score (nSPS) is 30.3. The lowest BCUT2D eigenvalue weighted by Crippen LogP contribution is -2.43. The third kappa shape index (κ3) is 2.64. The van der Waals surface area contributed by atoms with E-state index in [1.807, 2.05) is 13.8 Å². The minimum atomic E-state index is -0.509. The second kappa shape index (κ2) is 4.35. The zero-order valence-corrected chi connectivity index (χ0v) is 11.0. The molecule has 1 unspecified atom stereocenters. The summed E-state index contributed by atoms with van der Waals surface area (Å²) >= 11 is 0. The van der Waals surface area contributed by atoms with Crippen molar-refractivity contribution in [1.82, 2.24) is 0 Å². The van der Waals surface area contributed by atoms with Crippen LogP contribution < -0.4 is 0 Å². The summed E-state index contributed by atoms with van der Waals surface area (Å²) < 4.78 is 0. The number of aliphatic imine (C=N–C) groups is 1. The summed E-state index contributed by atoms with van der Waals surface area (Å²) in [5.41, 5.74) is 0.695. The van der Waals surface area contributed by atoms with E-state index in [0.717, 1.165) is 25.1 Å². The second-order valence-corrected chi connectivity index (χ2v) is 6.35. The van der Waals surface area contributed by atoms with Crippen molar-refractivity contribution in [2.24, 2.45) is 22.2 Å². The number of hydrogen-bond donors (Lipinski definition) is 0. The lowest BCUT2D eigenvalue weighted by molar-refractivity contribution is -0.136. The number of ketones is 2. The Balaban J connectivity index is 2.19. The van der Waals surface area contributed by atoms with Gasteiger partial charge in [-0.3, -0.25) is 14.6 Å². The van der Waals surface area contributed by atoms with Gasteiger partial charge in [-0.25, -0.2) is 0 Å². The van der Waals surface area contributed by atoms with Crippen molar-refractivity contribution < 1.29 is 9.59 Å².